The van der Waals surface area contributed by atoms with Crippen LogP contribution in [-0.2, 0) is 16.0 Å². The highest BCUT2D eigenvalue weighted by Crippen LogP contribution is 2.33. The van der Waals surface area contributed by atoms with E-state index in [1.807, 2.05) is 243 Å². The fraction of sp³-hybridized carbons (Fsp3) is 0.298. The highest BCUT2D eigenvalue weighted by Gasteiger charge is 2.30. The number of sulfone groups is 1. The van der Waals surface area contributed by atoms with Gasteiger partial charge in [-0.15, -0.1) is 11.6 Å². The number of nitrogens with one attached hydrogen (secondary N) is 1. The van der Waals surface area contributed by atoms with Gasteiger partial charge in [0.1, 0.15) is 71.0 Å². The Morgan fingerprint density at radius 3 is 1.31 bits per heavy atom. The number of carbonyl (C=O) groups is 2. The third-order valence-corrected chi connectivity index (χ3v) is 19.0. The standard InChI is InChI=1S/C20H20F3N3O2.C13H15ClN2O2.C13H16N2O2.C11H15NO2.C9H11IO2S.C7H9N.C7H6O2.C4H10ClN/c1-26(2)10-11-27-17-5-3-4-14(12-17)18-13-24-19(28-18)25-16-8-6-15(7-9-16)20(21,22)23;1-16(2)6-7-17-11-5-3-4-10(8-11)12-9-15-13(14)18-12;1-15(2)6-7-16-12-5-3-4-11(8-12)13-9-14-10-17-13;1-12(2)6-7-14-11-5-3-4-10(8-11)9-13;1-7-3-5-9(6-4-7)13(11,12)8(2)10;1-6-2-4-7(8)5-3-6;8-5-6-2-1-3-7(9)4-6;1-6(2)4-3-5/h3-9,12-13H,10-11H2,1-2H3,(H,24,25);3-5,8-9H,6-7H2,1-2H3;3-5,8-10H,6-7H2,1-2H3;3-5,8-9H,6-7H2,1-2H3;3-6,8H,1-2H3;2-5H,8H2,1H3;1-5,9H;3-4H2,1-2H3. The SMILES string of the molecule is CN(C)CCCl.CN(C)CCOc1cccc(-c2cnc(Cl)o2)c1.CN(C)CCOc1cccc(-c2cnc(Nc3ccc(C(F)(F)F)cc3)o2)c1.CN(C)CCOc1cccc(-c2cnco2)c1.CN(C)CCOc1cccc(C=O)c1.Cc1ccc(N)cc1.Cc1ccc(S(=O)(=O)C(C)I)cc1.O=Cc1cccc(O)c1. The molecule has 0 saturated carbocycles. The largest absolute Gasteiger partial charge is 0.508 e. The number of nitrogens with two attached hydrogens (primary N) is 1. The minimum Gasteiger partial charge on any atom is -0.508 e. The van der Waals surface area contributed by atoms with E-state index >= 15 is 0 Å². The predicted molar refractivity (Wildman–Crippen MR) is 454 cm³/mol. The van der Waals surface area contributed by atoms with Gasteiger partial charge in [0, 0.05) is 77.8 Å². The molecule has 29 heteroatoms. The lowest BCUT2D eigenvalue weighted by Gasteiger charge is -2.11. The van der Waals surface area contributed by atoms with Crippen molar-refractivity contribution in [2.24, 2.45) is 0 Å². The van der Waals surface area contributed by atoms with E-state index in [4.69, 9.17) is 66.2 Å². The maximum Gasteiger partial charge on any atom is 0.416 e. The van der Waals surface area contributed by atoms with Crippen molar-refractivity contribution in [2.45, 2.75) is 35.1 Å². The van der Waals surface area contributed by atoms with Gasteiger partial charge in [-0.3, -0.25) is 9.59 Å². The maximum atomic E-state index is 12.6. The van der Waals surface area contributed by atoms with Crippen LogP contribution in [0.15, 0.2) is 237 Å². The molecule has 11 rings (SSSR count). The van der Waals surface area contributed by atoms with Gasteiger partial charge < -0.3 is 72.9 Å². The van der Waals surface area contributed by atoms with Gasteiger partial charge in [-0.2, -0.15) is 13.2 Å². The van der Waals surface area contributed by atoms with Crippen molar-refractivity contribution in [3.8, 4) is 62.7 Å². The zero-order valence-corrected chi connectivity index (χ0v) is 70.3. The molecule has 608 valence electrons. The maximum absolute atomic E-state index is 12.6. The first-order valence-corrected chi connectivity index (χ1v) is 39.1. The number of hydrogen-bond acceptors (Lipinski definition) is 22. The fourth-order valence-electron chi connectivity index (χ4n) is 8.60. The summed E-state index contributed by atoms with van der Waals surface area (Å²) in [4.78, 5) is 43.1. The van der Waals surface area contributed by atoms with E-state index in [2.05, 4.69) is 30.1 Å². The van der Waals surface area contributed by atoms with Crippen LogP contribution in [-0.4, -0.2) is 204 Å². The van der Waals surface area contributed by atoms with Crippen molar-refractivity contribution in [3.63, 3.8) is 0 Å². The number of carbonyl (C=O) groups excluding carboxylic acids is 2. The highest BCUT2D eigenvalue weighted by atomic mass is 127. The normalized spacial score (nSPS) is 11.0. The average Bonchev–Trinajstić information content (AvgIpc) is 1.20. The number of ether oxygens (including phenoxy) is 4. The second-order valence-electron chi connectivity index (χ2n) is 26.0. The first-order chi connectivity index (χ1) is 53.8. The van der Waals surface area contributed by atoms with Crippen molar-refractivity contribution in [3.05, 3.63) is 252 Å². The van der Waals surface area contributed by atoms with Gasteiger partial charge in [-0.05, 0) is 212 Å². The average molecular weight is 1730 g/mol. The number of oxazole rings is 3. The first kappa shape index (κ1) is 95.6. The topological polar surface area (TPSA) is 258 Å². The molecule has 0 bridgehead atoms. The number of aromatic hydroxyl groups is 1. The van der Waals surface area contributed by atoms with Crippen LogP contribution < -0.4 is 30.0 Å². The van der Waals surface area contributed by atoms with Gasteiger partial charge in [0.15, 0.2) is 33.5 Å². The molecule has 22 nitrogen and oxygen atoms in total. The van der Waals surface area contributed by atoms with Crippen LogP contribution in [0, 0.1) is 13.8 Å². The summed E-state index contributed by atoms with van der Waals surface area (Å²) < 4.78 is 99.4. The van der Waals surface area contributed by atoms with E-state index in [9.17, 15) is 31.2 Å². The summed E-state index contributed by atoms with van der Waals surface area (Å²) >= 11 is 12.9. The molecule has 0 spiro atoms. The lowest BCUT2D eigenvalue weighted by molar-refractivity contribution is -0.137. The van der Waals surface area contributed by atoms with Gasteiger partial charge >= 0.3 is 6.18 Å². The fourth-order valence-corrected chi connectivity index (χ4v) is 10.8. The van der Waals surface area contributed by atoms with Crippen LogP contribution in [0.3, 0.4) is 0 Å². The van der Waals surface area contributed by atoms with Crippen molar-refractivity contribution in [2.75, 3.05) is 147 Å². The van der Waals surface area contributed by atoms with E-state index in [0.29, 0.717) is 71.7 Å². The van der Waals surface area contributed by atoms with E-state index in [0.717, 1.165) is 108 Å². The molecule has 0 aliphatic heterocycles. The Morgan fingerprint density at radius 1 is 0.540 bits per heavy atom. The van der Waals surface area contributed by atoms with Crippen LogP contribution in [0.4, 0.5) is 30.6 Å². The molecule has 113 heavy (non-hydrogen) atoms. The number of benzene rings is 8. The zero-order chi connectivity index (χ0) is 83.3. The van der Waals surface area contributed by atoms with E-state index in [1.54, 1.807) is 61.9 Å². The van der Waals surface area contributed by atoms with Gasteiger partial charge in [0.25, 0.3) is 11.4 Å². The molecule has 3 aromatic heterocycles. The summed E-state index contributed by atoms with van der Waals surface area (Å²) in [6.07, 6.45) is 3.41. The molecule has 1 atom stereocenters. The summed E-state index contributed by atoms with van der Waals surface area (Å²) in [5.74, 6) is 5.88. The molecule has 3 heterocycles. The number of alkyl halides is 5. The van der Waals surface area contributed by atoms with Crippen molar-refractivity contribution in [1.29, 1.82) is 0 Å². The summed E-state index contributed by atoms with van der Waals surface area (Å²) in [6.45, 7) is 12.6. The molecular weight excluding hydrogens is 1630 g/mol. The summed E-state index contributed by atoms with van der Waals surface area (Å²) in [6, 6.07) is 55.8. The quantitative estimate of drug-likeness (QED) is 0.0187. The molecule has 0 amide bonds. The van der Waals surface area contributed by atoms with Crippen LogP contribution in [0.5, 0.6) is 28.7 Å². The Bertz CT molecular complexity index is 4560. The van der Waals surface area contributed by atoms with E-state index in [1.165, 1.54) is 36.2 Å². The molecule has 0 aliphatic rings. The number of phenols is 1. The van der Waals surface area contributed by atoms with Crippen LogP contribution >= 0.6 is 45.8 Å². The number of aromatic nitrogens is 3. The van der Waals surface area contributed by atoms with Crippen molar-refractivity contribution in [1.82, 2.24) is 39.5 Å². The number of aldehydes is 2. The monoisotopic (exact) mass is 1730 g/mol. The Hall–Kier alpha value is -9.82. The van der Waals surface area contributed by atoms with Gasteiger partial charge in [0.2, 0.25) is 0 Å². The third-order valence-electron chi connectivity index (χ3n) is 14.9. The number of hydrogen-bond donors (Lipinski definition) is 3. The minimum absolute atomic E-state index is 0.125. The Balaban J connectivity index is 0.000000283. The molecule has 1 unspecified atom stereocenters. The number of phenolic OH excluding ortho intramolecular Hbond substituents is 1. The lowest BCUT2D eigenvalue weighted by atomic mass is 10.2. The molecular formula is C84H102Cl2F3IN10O12S. The zero-order valence-electron chi connectivity index (χ0n) is 65.9. The van der Waals surface area contributed by atoms with Gasteiger partial charge in [-0.1, -0.05) is 119 Å². The Kier molecular flexibility index (Phi) is 43.8. The number of halogens is 6. The lowest BCUT2D eigenvalue weighted by Crippen LogP contribution is -2.19. The molecule has 4 N–H and O–H groups in total. The molecule has 11 aromatic rings. The number of anilines is 3. The Labute approximate surface area is 685 Å². The van der Waals surface area contributed by atoms with Gasteiger partial charge in [-0.25, -0.2) is 23.4 Å². The second kappa shape index (κ2) is 51.7. The van der Waals surface area contributed by atoms with Crippen molar-refractivity contribution >= 4 is 85.6 Å². The number of likely N-dealkylation sites (N-methyl/N-ethyl adjacent to an activating group) is 4. The molecule has 0 saturated heterocycles. The summed E-state index contributed by atoms with van der Waals surface area (Å²) in [7, 11) is 16.9. The van der Waals surface area contributed by atoms with E-state index < -0.39 is 21.6 Å². The van der Waals surface area contributed by atoms with Crippen LogP contribution in [0.25, 0.3) is 34.0 Å². The summed E-state index contributed by atoms with van der Waals surface area (Å²) in [5.41, 5.74) is 12.1. The van der Waals surface area contributed by atoms with Crippen LogP contribution in [0.2, 0.25) is 5.35 Å². The summed E-state index contributed by atoms with van der Waals surface area (Å²) in [5, 5.41) is 11.8. The molecule has 0 fully saturated rings. The number of aryl methyl sites for hydroxylation is 2. The van der Waals surface area contributed by atoms with E-state index in [-0.39, 0.29) is 20.4 Å². The molecule has 0 aliphatic carbocycles. The Morgan fingerprint density at radius 2 is 0.947 bits per heavy atom. The smallest absolute Gasteiger partial charge is 0.416 e. The molecule has 8 aromatic carbocycles. The second-order valence-corrected chi connectivity index (χ2v) is 31.7. The number of nitrogens with zero attached hydrogens (tertiary/aromatic N) is 8. The van der Waals surface area contributed by atoms with Crippen LogP contribution in [0.1, 0.15) is 44.3 Å². The third kappa shape index (κ3) is 40.0. The minimum atomic E-state index is -4.37. The predicted octanol–water partition coefficient (Wildman–Crippen LogP) is 17.8. The highest BCUT2D eigenvalue weighted by molar-refractivity contribution is 14.1. The first-order valence-electron chi connectivity index (χ1n) is 35.4. The van der Waals surface area contributed by atoms with Gasteiger partial charge in [0.05, 0.1) is 29.0 Å². The number of nitrogen functional groups attached to an aromatic ring is 1. The van der Waals surface area contributed by atoms with Crippen molar-refractivity contribution < 1.29 is 68.5 Å². The number of rotatable bonds is 27. The molecule has 0 radical (unpaired) electrons.